The van der Waals surface area contributed by atoms with Gasteiger partial charge in [0.15, 0.2) is 5.82 Å². The van der Waals surface area contributed by atoms with Crippen LogP contribution in [-0.2, 0) is 6.42 Å². The Balaban J connectivity index is 2.31. The van der Waals surface area contributed by atoms with Gasteiger partial charge in [0, 0.05) is 12.0 Å². The molecular weight excluding hydrogens is 230 g/mol. The fourth-order valence-electron chi connectivity index (χ4n) is 1.23. The van der Waals surface area contributed by atoms with E-state index in [4.69, 9.17) is 27.0 Å². The number of hydrogen-bond acceptors (Lipinski definition) is 5. The van der Waals surface area contributed by atoms with Gasteiger partial charge in [0.05, 0.1) is 17.3 Å². The molecule has 1 aromatic heterocycles. The van der Waals surface area contributed by atoms with Gasteiger partial charge < -0.3 is 15.4 Å². The van der Waals surface area contributed by atoms with Gasteiger partial charge in [0.1, 0.15) is 0 Å². The molecule has 2 aromatic rings. The van der Waals surface area contributed by atoms with Gasteiger partial charge in [-0.15, -0.1) is 0 Å². The molecule has 0 fully saturated rings. The van der Waals surface area contributed by atoms with Crippen molar-refractivity contribution >= 4 is 17.3 Å². The summed E-state index contributed by atoms with van der Waals surface area (Å²) in [4.78, 5) is 4.10. The molecule has 0 aliphatic carbocycles. The van der Waals surface area contributed by atoms with Crippen LogP contribution in [0.4, 0.5) is 5.69 Å². The Hall–Kier alpha value is -1.59. The number of nitrogens with zero attached hydrogens (tertiary/aromatic N) is 2. The molecule has 5 nitrogen and oxygen atoms in total. The van der Waals surface area contributed by atoms with Crippen molar-refractivity contribution in [3.8, 4) is 11.5 Å². The Bertz CT molecular complexity index is 499. The number of anilines is 1. The minimum Gasteiger partial charge on any atom is -0.398 e. The fraction of sp³-hybridized carbons (Fsp3) is 0.200. The van der Waals surface area contributed by atoms with E-state index in [-0.39, 0.29) is 6.61 Å². The molecule has 2 rings (SSSR count). The maximum Gasteiger partial charge on any atom is 0.257 e. The summed E-state index contributed by atoms with van der Waals surface area (Å²) < 4.78 is 5.03. The Labute approximate surface area is 96.8 Å². The van der Waals surface area contributed by atoms with Crippen molar-refractivity contribution in [2.24, 2.45) is 0 Å². The summed E-state index contributed by atoms with van der Waals surface area (Å²) in [6.45, 7) is -0.0124. The van der Waals surface area contributed by atoms with E-state index < -0.39 is 0 Å². The van der Waals surface area contributed by atoms with Crippen LogP contribution in [0.2, 0.25) is 5.02 Å². The number of rotatable bonds is 3. The van der Waals surface area contributed by atoms with Gasteiger partial charge in [-0.3, -0.25) is 0 Å². The van der Waals surface area contributed by atoms with E-state index in [2.05, 4.69) is 10.1 Å². The minimum absolute atomic E-state index is 0.0124. The first-order valence-electron chi connectivity index (χ1n) is 4.69. The van der Waals surface area contributed by atoms with E-state index in [1.807, 2.05) is 0 Å². The molecule has 16 heavy (non-hydrogen) atoms. The lowest BCUT2D eigenvalue weighted by molar-refractivity contribution is 0.293. The Morgan fingerprint density at radius 1 is 1.44 bits per heavy atom. The largest absolute Gasteiger partial charge is 0.398 e. The number of aliphatic hydroxyl groups is 1. The molecule has 84 valence electrons. The molecule has 0 aliphatic rings. The van der Waals surface area contributed by atoms with E-state index in [9.17, 15) is 0 Å². The predicted molar refractivity (Wildman–Crippen MR) is 59.9 cm³/mol. The quantitative estimate of drug-likeness (QED) is 0.793. The SMILES string of the molecule is Nc1ccc(-c2nc(CCO)no2)cc1Cl. The fourth-order valence-corrected chi connectivity index (χ4v) is 1.41. The number of nitrogens with two attached hydrogens (primary N) is 1. The van der Waals surface area contributed by atoms with Crippen LogP contribution in [0.3, 0.4) is 0 Å². The number of hydrogen-bond donors (Lipinski definition) is 2. The smallest absolute Gasteiger partial charge is 0.257 e. The number of nitrogen functional groups attached to an aromatic ring is 1. The zero-order valence-corrected chi connectivity index (χ0v) is 9.11. The van der Waals surface area contributed by atoms with E-state index >= 15 is 0 Å². The average molecular weight is 240 g/mol. The maximum absolute atomic E-state index is 8.72. The second kappa shape index (κ2) is 4.51. The number of halogens is 1. The molecule has 0 spiro atoms. The van der Waals surface area contributed by atoms with Crippen LogP contribution < -0.4 is 5.73 Å². The maximum atomic E-state index is 8.72. The van der Waals surface area contributed by atoms with Crippen molar-refractivity contribution in [3.05, 3.63) is 29.0 Å². The molecule has 0 aliphatic heterocycles. The first kappa shape index (κ1) is 10.9. The molecule has 6 heteroatoms. The van der Waals surface area contributed by atoms with Crippen molar-refractivity contribution in [2.45, 2.75) is 6.42 Å². The molecule has 0 saturated carbocycles. The Morgan fingerprint density at radius 2 is 2.25 bits per heavy atom. The Kier molecular flexibility index (Phi) is 3.07. The van der Waals surface area contributed by atoms with Crippen molar-refractivity contribution in [3.63, 3.8) is 0 Å². The number of benzene rings is 1. The zero-order valence-electron chi connectivity index (χ0n) is 8.35. The summed E-state index contributed by atoms with van der Waals surface area (Å²) in [5.74, 6) is 0.829. The van der Waals surface area contributed by atoms with E-state index in [0.717, 1.165) is 0 Å². The molecule has 0 atom stereocenters. The number of aromatic nitrogens is 2. The second-order valence-electron chi connectivity index (χ2n) is 3.23. The number of aliphatic hydroxyl groups excluding tert-OH is 1. The standard InChI is InChI=1S/C10H10ClN3O2/c11-7-5-6(1-2-8(7)12)10-13-9(3-4-15)14-16-10/h1-2,5,15H,3-4,12H2. The zero-order chi connectivity index (χ0) is 11.5. The van der Waals surface area contributed by atoms with E-state index in [1.54, 1.807) is 18.2 Å². The predicted octanol–water partition coefficient (Wildman–Crippen LogP) is 1.51. The van der Waals surface area contributed by atoms with E-state index in [1.165, 1.54) is 0 Å². The summed E-state index contributed by atoms with van der Waals surface area (Å²) in [6, 6.07) is 5.08. The normalized spacial score (nSPS) is 10.6. The van der Waals surface area contributed by atoms with Crippen LogP contribution in [-0.4, -0.2) is 21.9 Å². The van der Waals surface area contributed by atoms with Gasteiger partial charge in [-0.2, -0.15) is 4.98 Å². The van der Waals surface area contributed by atoms with Gasteiger partial charge in [-0.05, 0) is 18.2 Å². The lowest BCUT2D eigenvalue weighted by atomic mass is 10.2. The lowest BCUT2D eigenvalue weighted by Gasteiger charge is -1.98. The highest BCUT2D eigenvalue weighted by Gasteiger charge is 2.09. The molecule has 3 N–H and O–H groups in total. The highest BCUT2D eigenvalue weighted by molar-refractivity contribution is 6.33. The van der Waals surface area contributed by atoms with Gasteiger partial charge in [-0.1, -0.05) is 16.8 Å². The van der Waals surface area contributed by atoms with Crippen LogP contribution >= 0.6 is 11.6 Å². The lowest BCUT2D eigenvalue weighted by Crippen LogP contribution is -1.92. The van der Waals surface area contributed by atoms with Gasteiger partial charge >= 0.3 is 0 Å². The minimum atomic E-state index is -0.0124. The topological polar surface area (TPSA) is 85.2 Å². The van der Waals surface area contributed by atoms with Crippen LogP contribution in [0.5, 0.6) is 0 Å². The van der Waals surface area contributed by atoms with Crippen molar-refractivity contribution in [1.29, 1.82) is 0 Å². The van der Waals surface area contributed by atoms with Gasteiger partial charge in [0.25, 0.3) is 5.89 Å². The monoisotopic (exact) mass is 239 g/mol. The first-order valence-corrected chi connectivity index (χ1v) is 5.07. The van der Waals surface area contributed by atoms with Gasteiger partial charge in [-0.25, -0.2) is 0 Å². The third kappa shape index (κ3) is 2.15. The molecule has 1 heterocycles. The van der Waals surface area contributed by atoms with Gasteiger partial charge in [0.2, 0.25) is 0 Å². The van der Waals surface area contributed by atoms with E-state index in [0.29, 0.717) is 34.4 Å². The Morgan fingerprint density at radius 3 is 2.94 bits per heavy atom. The highest BCUT2D eigenvalue weighted by Crippen LogP contribution is 2.25. The van der Waals surface area contributed by atoms with Crippen molar-refractivity contribution in [2.75, 3.05) is 12.3 Å². The van der Waals surface area contributed by atoms with Crippen LogP contribution in [0, 0.1) is 0 Å². The van der Waals surface area contributed by atoms with Crippen LogP contribution in [0.1, 0.15) is 5.82 Å². The summed E-state index contributed by atoms with van der Waals surface area (Å²) in [5, 5.41) is 12.9. The molecule has 0 saturated heterocycles. The molecule has 0 amide bonds. The summed E-state index contributed by atoms with van der Waals surface area (Å²) >= 11 is 5.88. The third-order valence-corrected chi connectivity index (χ3v) is 2.38. The molecule has 1 aromatic carbocycles. The second-order valence-corrected chi connectivity index (χ2v) is 3.63. The highest BCUT2D eigenvalue weighted by atomic mass is 35.5. The summed E-state index contributed by atoms with van der Waals surface area (Å²) in [6.07, 6.45) is 0.367. The summed E-state index contributed by atoms with van der Waals surface area (Å²) in [7, 11) is 0. The van der Waals surface area contributed by atoms with Crippen LogP contribution in [0.15, 0.2) is 22.7 Å². The third-order valence-electron chi connectivity index (χ3n) is 2.05. The molecular formula is C10H10ClN3O2. The molecule has 0 unspecified atom stereocenters. The van der Waals surface area contributed by atoms with Crippen molar-refractivity contribution in [1.82, 2.24) is 10.1 Å². The van der Waals surface area contributed by atoms with Crippen molar-refractivity contribution < 1.29 is 9.63 Å². The average Bonchev–Trinajstić information content (AvgIpc) is 2.71. The molecule has 0 radical (unpaired) electrons. The first-order chi connectivity index (χ1) is 7.70. The summed E-state index contributed by atoms with van der Waals surface area (Å²) in [5.41, 5.74) is 6.79. The van der Waals surface area contributed by atoms with Crippen LogP contribution in [0.25, 0.3) is 11.5 Å². The molecule has 0 bridgehead atoms.